The van der Waals surface area contributed by atoms with E-state index in [4.69, 9.17) is 19.9 Å². The van der Waals surface area contributed by atoms with E-state index in [-0.39, 0.29) is 22.4 Å². The quantitative estimate of drug-likeness (QED) is 0.284. The summed E-state index contributed by atoms with van der Waals surface area (Å²) in [6.07, 6.45) is 1.58. The van der Waals surface area contributed by atoms with Gasteiger partial charge in [0.15, 0.2) is 0 Å². The lowest BCUT2D eigenvalue weighted by molar-refractivity contribution is 0.0323. The predicted octanol–water partition coefficient (Wildman–Crippen LogP) is 3.68. The van der Waals surface area contributed by atoms with E-state index in [0.29, 0.717) is 60.5 Å². The van der Waals surface area contributed by atoms with Crippen LogP contribution in [-0.2, 0) is 14.4 Å². The molecule has 1 fully saturated rings. The van der Waals surface area contributed by atoms with E-state index in [1.165, 1.54) is 7.11 Å². The lowest BCUT2D eigenvalue weighted by atomic mass is 10.0. The Morgan fingerprint density at radius 1 is 1.15 bits per heavy atom. The summed E-state index contributed by atoms with van der Waals surface area (Å²) in [6.45, 7) is 6.01. The van der Waals surface area contributed by atoms with Crippen LogP contribution in [-0.4, -0.2) is 76.5 Å². The van der Waals surface area contributed by atoms with Gasteiger partial charge in [-0.2, -0.15) is 0 Å². The summed E-state index contributed by atoms with van der Waals surface area (Å²) < 4.78 is 61.1. The molecule has 3 heterocycles. The van der Waals surface area contributed by atoms with Gasteiger partial charge in [0.1, 0.15) is 35.2 Å². The third kappa shape index (κ3) is 6.32. The van der Waals surface area contributed by atoms with Crippen molar-refractivity contribution in [3.05, 3.63) is 59.9 Å². The highest BCUT2D eigenvalue weighted by molar-refractivity contribution is 8.01. The molecule has 2 aromatic heterocycles. The number of aryl methyl sites for hydroxylation is 1. The number of fused-ring (bicyclic) bond motifs is 1. The van der Waals surface area contributed by atoms with Crippen LogP contribution >= 0.6 is 0 Å². The molecule has 0 aliphatic carbocycles. The van der Waals surface area contributed by atoms with Gasteiger partial charge in [-0.1, -0.05) is 0 Å². The third-order valence-electron chi connectivity index (χ3n) is 6.64. The number of nitrogens with zero attached hydrogens (tertiary/aromatic N) is 4. The number of anilines is 2. The zero-order valence-corrected chi connectivity index (χ0v) is 23.5. The lowest BCUT2D eigenvalue weighted by Crippen LogP contribution is -2.38. The molecular weight excluding hydrogens is 554 g/mol. The average Bonchev–Trinajstić information content (AvgIpc) is 2.93. The predicted molar refractivity (Wildman–Crippen MR) is 155 cm³/mol. The van der Waals surface area contributed by atoms with Crippen molar-refractivity contribution in [1.29, 1.82) is 0 Å². The molecular formula is C28H30F2N6O4S. The highest BCUT2D eigenvalue weighted by atomic mass is 32.2. The van der Waals surface area contributed by atoms with Crippen LogP contribution in [0.2, 0.25) is 0 Å². The highest BCUT2D eigenvalue weighted by Crippen LogP contribution is 2.36. The minimum Gasteiger partial charge on any atom is -0.490 e. The summed E-state index contributed by atoms with van der Waals surface area (Å²) in [7, 11) is -2.05. The maximum absolute atomic E-state index is 14.5. The number of hydrogen-bond donors (Lipinski definition) is 2. The Balaban J connectivity index is 1.51. The van der Waals surface area contributed by atoms with Gasteiger partial charge >= 0.3 is 0 Å². The molecule has 0 radical (unpaired) electrons. The number of halogens is 2. The fraction of sp³-hybridized carbons (Fsp3) is 0.286. The number of rotatable bonds is 9. The van der Waals surface area contributed by atoms with E-state index in [1.807, 2.05) is 19.1 Å². The van der Waals surface area contributed by atoms with Crippen LogP contribution in [0.3, 0.4) is 0 Å². The fourth-order valence-electron chi connectivity index (χ4n) is 4.58. The van der Waals surface area contributed by atoms with Gasteiger partial charge in [0.25, 0.3) is 0 Å². The van der Waals surface area contributed by atoms with E-state index >= 15 is 0 Å². The summed E-state index contributed by atoms with van der Waals surface area (Å²) in [5.74, 6) is 2.66. The van der Waals surface area contributed by atoms with Gasteiger partial charge in [-0.25, -0.2) is 27.9 Å². The van der Waals surface area contributed by atoms with Gasteiger partial charge in [-0.05, 0) is 48.7 Å². The molecule has 4 aromatic rings. The van der Waals surface area contributed by atoms with Gasteiger partial charge in [0, 0.05) is 42.8 Å². The largest absolute Gasteiger partial charge is 0.490 e. The van der Waals surface area contributed by atoms with Gasteiger partial charge in [0.05, 0.1) is 40.6 Å². The molecule has 0 spiro atoms. The molecule has 1 atom stereocenters. The summed E-state index contributed by atoms with van der Waals surface area (Å²) in [4.78, 5) is 15.1. The molecule has 41 heavy (non-hydrogen) atoms. The van der Waals surface area contributed by atoms with Crippen LogP contribution in [0, 0.1) is 18.6 Å². The van der Waals surface area contributed by atoms with Crippen LogP contribution in [0.25, 0.3) is 22.0 Å². The Kier molecular flexibility index (Phi) is 8.20. The Hall–Kier alpha value is -4.07. The number of nitrogens with one attached hydrogen (secondary N) is 1. The van der Waals surface area contributed by atoms with Gasteiger partial charge < -0.3 is 24.7 Å². The summed E-state index contributed by atoms with van der Waals surface area (Å²) in [6, 6.07) is 8.12. The number of pyridine rings is 1. The third-order valence-corrected chi connectivity index (χ3v) is 8.24. The molecule has 216 valence electrons. The van der Waals surface area contributed by atoms with Crippen molar-refractivity contribution in [3.8, 4) is 22.8 Å². The number of nitrogens with two attached hydrogens (primary N) is 1. The van der Waals surface area contributed by atoms with Crippen molar-refractivity contribution >= 4 is 38.1 Å². The molecule has 13 heteroatoms. The molecule has 0 saturated carbocycles. The number of methoxy groups -OCH3 is 1. The summed E-state index contributed by atoms with van der Waals surface area (Å²) in [5, 5.41) is 0.734. The van der Waals surface area contributed by atoms with Crippen molar-refractivity contribution in [2.45, 2.75) is 11.8 Å². The molecule has 1 aliphatic rings. The number of aromatic nitrogens is 3. The van der Waals surface area contributed by atoms with E-state index in [9.17, 15) is 13.0 Å². The van der Waals surface area contributed by atoms with Crippen LogP contribution in [0.4, 0.5) is 20.4 Å². The number of benzene rings is 2. The van der Waals surface area contributed by atoms with E-state index < -0.39 is 21.3 Å². The fourth-order valence-corrected chi connectivity index (χ4v) is 5.85. The monoisotopic (exact) mass is 584 g/mol. The molecule has 1 aliphatic heterocycles. The van der Waals surface area contributed by atoms with Crippen molar-refractivity contribution in [1.82, 2.24) is 19.9 Å². The van der Waals surface area contributed by atoms with Crippen LogP contribution in [0.5, 0.6) is 11.6 Å². The molecule has 1 unspecified atom stereocenters. The summed E-state index contributed by atoms with van der Waals surface area (Å²) in [5.41, 5.74) is 8.72. The first-order valence-corrected chi connectivity index (χ1v) is 14.5. The number of hydrogen-bond acceptors (Lipinski definition) is 9. The molecule has 1 saturated heterocycles. The van der Waals surface area contributed by atoms with E-state index in [2.05, 4.69) is 30.4 Å². The second kappa shape index (κ2) is 11.8. The normalized spacial score (nSPS) is 15.4. The molecule has 0 bridgehead atoms. The van der Waals surface area contributed by atoms with Crippen LogP contribution in [0.1, 0.15) is 5.69 Å². The standard InChI is InChI=1S/C28H30F2N6O4S/c1-17-21-12-18(14-24(26(21)34-28(31)33-17)40-11-8-36-6-9-39-10-7-36)19-13-23(27(38-2)32-16-19)35-41(3,37)25-5-4-20(29)15-22(25)30/h4-5,12-16H,3,6-11H2,1-2H3,(H,35,37)(H2,31,33,34). The zero-order valence-electron chi connectivity index (χ0n) is 22.7. The van der Waals surface area contributed by atoms with Crippen LogP contribution in [0.15, 0.2) is 47.5 Å². The SMILES string of the molecule is C=S(=O)(Nc1cc(-c2cc(OCCN3CCOCC3)c3nc(N)nc(C)c3c2)cnc1OC)c1ccc(F)cc1F. The van der Waals surface area contributed by atoms with Crippen molar-refractivity contribution in [2.24, 2.45) is 0 Å². The molecule has 3 N–H and O–H groups in total. The smallest absolute Gasteiger partial charge is 0.238 e. The molecule has 5 rings (SSSR count). The minimum absolute atomic E-state index is 0.114. The second-order valence-corrected chi connectivity index (χ2v) is 11.5. The van der Waals surface area contributed by atoms with Gasteiger partial charge in [-0.15, -0.1) is 0 Å². The average molecular weight is 585 g/mol. The van der Waals surface area contributed by atoms with E-state index in [1.54, 1.807) is 12.3 Å². The Labute approximate surface area is 236 Å². The Morgan fingerprint density at radius 2 is 1.93 bits per heavy atom. The number of morpholine rings is 1. The summed E-state index contributed by atoms with van der Waals surface area (Å²) >= 11 is 0. The Morgan fingerprint density at radius 3 is 2.66 bits per heavy atom. The molecule has 10 nitrogen and oxygen atoms in total. The van der Waals surface area contributed by atoms with Gasteiger partial charge in [0.2, 0.25) is 11.8 Å². The van der Waals surface area contributed by atoms with E-state index in [0.717, 1.165) is 30.6 Å². The van der Waals surface area contributed by atoms with Gasteiger partial charge in [-0.3, -0.25) is 4.90 Å². The first-order valence-electron chi connectivity index (χ1n) is 12.8. The van der Waals surface area contributed by atoms with Crippen molar-refractivity contribution in [2.75, 3.05) is 57.0 Å². The maximum Gasteiger partial charge on any atom is 0.238 e. The lowest BCUT2D eigenvalue weighted by Gasteiger charge is -2.26. The number of nitrogen functional groups attached to an aromatic ring is 1. The maximum atomic E-state index is 14.5. The van der Waals surface area contributed by atoms with Crippen molar-refractivity contribution in [3.63, 3.8) is 0 Å². The topological polar surface area (TPSA) is 125 Å². The minimum atomic E-state index is -3.45. The first kappa shape index (κ1) is 28.5. The highest BCUT2D eigenvalue weighted by Gasteiger charge is 2.19. The zero-order chi connectivity index (χ0) is 29.1. The molecule has 2 aromatic carbocycles. The Bertz CT molecular complexity index is 1700. The van der Waals surface area contributed by atoms with Crippen LogP contribution < -0.4 is 19.9 Å². The second-order valence-electron chi connectivity index (χ2n) is 9.47. The molecule has 0 amide bonds. The van der Waals surface area contributed by atoms with Crippen molar-refractivity contribution < 1.29 is 27.2 Å². The number of ether oxygens (including phenoxy) is 3. The first-order chi connectivity index (χ1) is 19.6.